The van der Waals surface area contributed by atoms with Crippen molar-refractivity contribution in [2.75, 3.05) is 26.2 Å². The number of hydrogen-bond donors (Lipinski definition) is 1. The maximum absolute atomic E-state index is 12.6. The minimum Gasteiger partial charge on any atom is -0.337 e. The van der Waals surface area contributed by atoms with Crippen LogP contribution in [0.1, 0.15) is 40.7 Å². The van der Waals surface area contributed by atoms with Crippen molar-refractivity contribution in [3.8, 4) is 11.1 Å². The van der Waals surface area contributed by atoms with Crippen LogP contribution in [-0.4, -0.2) is 47.9 Å². The lowest BCUT2D eigenvalue weighted by molar-refractivity contribution is 0.0791. The number of carbonyl (C=O) groups is 1. The summed E-state index contributed by atoms with van der Waals surface area (Å²) in [5.41, 5.74) is 11.7. The Bertz CT molecular complexity index is 809. The van der Waals surface area contributed by atoms with Crippen LogP contribution in [0.5, 0.6) is 0 Å². The number of benzene rings is 2. The van der Waals surface area contributed by atoms with E-state index in [1.54, 1.807) is 0 Å². The predicted molar refractivity (Wildman–Crippen MR) is 110 cm³/mol. The first-order valence-corrected chi connectivity index (χ1v) is 10.1. The second kappa shape index (κ2) is 7.83. The summed E-state index contributed by atoms with van der Waals surface area (Å²) < 4.78 is 0. The Morgan fingerprint density at radius 1 is 1.04 bits per heavy atom. The molecule has 2 aliphatic heterocycles. The van der Waals surface area contributed by atoms with Gasteiger partial charge < -0.3 is 10.6 Å². The van der Waals surface area contributed by atoms with Gasteiger partial charge in [0.15, 0.2) is 0 Å². The van der Waals surface area contributed by atoms with Crippen molar-refractivity contribution in [1.82, 2.24) is 9.80 Å². The van der Waals surface area contributed by atoms with Gasteiger partial charge in [-0.25, -0.2) is 0 Å². The summed E-state index contributed by atoms with van der Waals surface area (Å²) in [4.78, 5) is 17.0. The molecule has 4 nitrogen and oxygen atoms in total. The molecule has 0 aromatic heterocycles. The number of nitrogens with zero attached hydrogens (tertiary/aromatic N) is 2. The van der Waals surface area contributed by atoms with Crippen molar-refractivity contribution in [1.29, 1.82) is 0 Å². The van der Waals surface area contributed by atoms with Gasteiger partial charge in [0.1, 0.15) is 0 Å². The number of carbonyl (C=O) groups excluding carboxylic acids is 1. The van der Waals surface area contributed by atoms with E-state index in [2.05, 4.69) is 42.2 Å². The van der Waals surface area contributed by atoms with E-state index in [1.807, 2.05) is 17.0 Å². The molecule has 4 rings (SSSR count). The van der Waals surface area contributed by atoms with Crippen LogP contribution in [0.25, 0.3) is 11.1 Å². The van der Waals surface area contributed by atoms with Gasteiger partial charge in [-0.1, -0.05) is 29.8 Å². The lowest BCUT2D eigenvalue weighted by Gasteiger charge is -2.17. The van der Waals surface area contributed by atoms with Gasteiger partial charge in [0.25, 0.3) is 5.91 Å². The first-order valence-electron chi connectivity index (χ1n) is 10.1. The third-order valence-corrected chi connectivity index (χ3v) is 5.72. The fraction of sp³-hybridized carbons (Fsp3) is 0.435. The molecule has 2 heterocycles. The molecule has 0 spiro atoms. The highest BCUT2D eigenvalue weighted by Crippen LogP contribution is 2.25. The second-order valence-corrected chi connectivity index (χ2v) is 8.07. The van der Waals surface area contributed by atoms with Crippen LogP contribution in [0.3, 0.4) is 0 Å². The van der Waals surface area contributed by atoms with Crippen LogP contribution in [0.15, 0.2) is 42.5 Å². The van der Waals surface area contributed by atoms with Crippen LogP contribution in [0.4, 0.5) is 0 Å². The van der Waals surface area contributed by atoms with Crippen molar-refractivity contribution in [3.05, 3.63) is 59.2 Å². The van der Waals surface area contributed by atoms with Crippen molar-refractivity contribution >= 4 is 5.91 Å². The Hall–Kier alpha value is -2.17. The van der Waals surface area contributed by atoms with E-state index in [-0.39, 0.29) is 11.9 Å². The fourth-order valence-electron chi connectivity index (χ4n) is 4.28. The van der Waals surface area contributed by atoms with E-state index >= 15 is 0 Å². The van der Waals surface area contributed by atoms with Crippen molar-refractivity contribution in [2.24, 2.45) is 5.73 Å². The third kappa shape index (κ3) is 4.23. The minimum absolute atomic E-state index is 0.0912. The highest BCUT2D eigenvalue weighted by atomic mass is 16.2. The van der Waals surface area contributed by atoms with Gasteiger partial charge in [-0.3, -0.25) is 9.69 Å². The molecule has 2 aromatic carbocycles. The Morgan fingerprint density at radius 2 is 1.78 bits per heavy atom. The molecule has 0 bridgehead atoms. The maximum Gasteiger partial charge on any atom is 0.253 e. The first kappa shape index (κ1) is 18.2. The number of amides is 1. The highest BCUT2D eigenvalue weighted by Gasteiger charge is 2.24. The standard InChI is InChI=1S/C23H29N3O/c1-17-12-18(15-25-9-2-3-10-25)14-21(13-17)19-4-6-20(7-5-19)23(27)26-11-8-22(24)16-26/h4-7,12-14,22H,2-3,8-11,15-16,24H2,1H3/t22-/m1/s1. The zero-order valence-corrected chi connectivity index (χ0v) is 16.2. The summed E-state index contributed by atoms with van der Waals surface area (Å²) in [6.07, 6.45) is 3.53. The number of hydrogen-bond acceptors (Lipinski definition) is 3. The van der Waals surface area contributed by atoms with E-state index in [0.717, 1.165) is 30.6 Å². The molecular formula is C23H29N3O. The normalized spacial score (nSPS) is 20.4. The summed E-state index contributed by atoms with van der Waals surface area (Å²) >= 11 is 0. The number of likely N-dealkylation sites (tertiary alicyclic amines) is 2. The van der Waals surface area contributed by atoms with Crippen LogP contribution < -0.4 is 5.73 Å². The van der Waals surface area contributed by atoms with E-state index in [9.17, 15) is 4.79 Å². The van der Waals surface area contributed by atoms with Gasteiger partial charge in [0.2, 0.25) is 0 Å². The molecule has 2 N–H and O–H groups in total. The Kier molecular flexibility index (Phi) is 5.28. The molecule has 2 aromatic rings. The third-order valence-electron chi connectivity index (χ3n) is 5.72. The first-order chi connectivity index (χ1) is 13.1. The molecule has 142 valence electrons. The molecule has 0 unspecified atom stereocenters. The topological polar surface area (TPSA) is 49.6 Å². The van der Waals surface area contributed by atoms with Gasteiger partial charge in [-0.15, -0.1) is 0 Å². The van der Waals surface area contributed by atoms with Crippen LogP contribution in [0.2, 0.25) is 0 Å². The molecule has 0 aliphatic carbocycles. The summed E-state index contributed by atoms with van der Waals surface area (Å²) in [5.74, 6) is 0.0912. The van der Waals surface area contributed by atoms with Gasteiger partial charge >= 0.3 is 0 Å². The zero-order valence-electron chi connectivity index (χ0n) is 16.2. The number of aryl methyl sites for hydroxylation is 1. The molecule has 2 aliphatic rings. The van der Waals surface area contributed by atoms with Crippen molar-refractivity contribution in [2.45, 2.75) is 38.8 Å². The van der Waals surface area contributed by atoms with Crippen LogP contribution in [0, 0.1) is 6.92 Å². The molecular weight excluding hydrogens is 334 g/mol. The monoisotopic (exact) mass is 363 g/mol. The maximum atomic E-state index is 12.6. The molecule has 1 atom stereocenters. The van der Waals surface area contributed by atoms with Crippen LogP contribution in [-0.2, 0) is 6.54 Å². The van der Waals surface area contributed by atoms with Crippen LogP contribution >= 0.6 is 0 Å². The second-order valence-electron chi connectivity index (χ2n) is 8.07. The summed E-state index contributed by atoms with van der Waals surface area (Å²) in [6.45, 7) is 7.03. The Balaban J connectivity index is 1.51. The van der Waals surface area contributed by atoms with Crippen molar-refractivity contribution in [3.63, 3.8) is 0 Å². The number of rotatable bonds is 4. The lowest BCUT2D eigenvalue weighted by atomic mass is 9.99. The van der Waals surface area contributed by atoms with Gasteiger partial charge in [-0.2, -0.15) is 0 Å². The Labute approximate surface area is 162 Å². The summed E-state index contributed by atoms with van der Waals surface area (Å²) in [6, 6.07) is 15.0. The average Bonchev–Trinajstić information content (AvgIpc) is 3.32. The number of nitrogens with two attached hydrogens (primary N) is 1. The van der Waals surface area contributed by atoms with Gasteiger partial charge in [0.05, 0.1) is 0 Å². The van der Waals surface area contributed by atoms with E-state index in [0.29, 0.717) is 6.54 Å². The Morgan fingerprint density at radius 3 is 2.44 bits per heavy atom. The van der Waals surface area contributed by atoms with E-state index in [4.69, 9.17) is 5.73 Å². The van der Waals surface area contributed by atoms with E-state index in [1.165, 1.54) is 42.6 Å². The molecule has 27 heavy (non-hydrogen) atoms. The zero-order chi connectivity index (χ0) is 18.8. The predicted octanol–water partition coefficient (Wildman–Crippen LogP) is 3.43. The molecule has 2 fully saturated rings. The quantitative estimate of drug-likeness (QED) is 0.905. The van der Waals surface area contributed by atoms with Gasteiger partial charge in [-0.05, 0) is 74.2 Å². The molecule has 2 saturated heterocycles. The average molecular weight is 364 g/mol. The van der Waals surface area contributed by atoms with Crippen molar-refractivity contribution < 1.29 is 4.79 Å². The largest absolute Gasteiger partial charge is 0.337 e. The van der Waals surface area contributed by atoms with Gasteiger partial charge in [0, 0.05) is 31.2 Å². The molecule has 4 heteroatoms. The minimum atomic E-state index is 0.0912. The summed E-state index contributed by atoms with van der Waals surface area (Å²) in [7, 11) is 0. The lowest BCUT2D eigenvalue weighted by Crippen LogP contribution is -2.31. The summed E-state index contributed by atoms with van der Waals surface area (Å²) in [5, 5.41) is 0. The van der Waals surface area contributed by atoms with E-state index < -0.39 is 0 Å². The molecule has 0 saturated carbocycles. The fourth-order valence-corrected chi connectivity index (χ4v) is 4.28. The SMILES string of the molecule is Cc1cc(CN2CCCC2)cc(-c2ccc(C(=O)N3CC[C@@H](N)C3)cc2)c1. The smallest absolute Gasteiger partial charge is 0.253 e. The highest BCUT2D eigenvalue weighted by molar-refractivity contribution is 5.95. The molecule has 0 radical (unpaired) electrons. The molecule has 1 amide bonds.